The average Bonchev–Trinajstić information content (AvgIpc) is 2.80. The van der Waals surface area contributed by atoms with Crippen LogP contribution in [0.5, 0.6) is 5.75 Å². The van der Waals surface area contributed by atoms with Crippen LogP contribution < -0.4 is 4.74 Å². The van der Waals surface area contributed by atoms with Crippen molar-refractivity contribution in [2.45, 2.75) is 57.2 Å². The van der Waals surface area contributed by atoms with Crippen LogP contribution in [0.15, 0.2) is 54.6 Å². The number of hydrogen-bond donors (Lipinski definition) is 1. The van der Waals surface area contributed by atoms with Crippen LogP contribution in [0.2, 0.25) is 0 Å². The summed E-state index contributed by atoms with van der Waals surface area (Å²) in [6.45, 7) is 6.28. The highest BCUT2D eigenvalue weighted by atomic mass is 16.5. The molecule has 2 unspecified atom stereocenters. The van der Waals surface area contributed by atoms with E-state index < -0.39 is 0 Å². The van der Waals surface area contributed by atoms with E-state index >= 15 is 0 Å². The lowest BCUT2D eigenvalue weighted by Crippen LogP contribution is -2.38. The average molecular weight is 409 g/mol. The number of piperidine rings is 2. The van der Waals surface area contributed by atoms with Crippen LogP contribution in [-0.2, 0) is 6.54 Å². The molecule has 2 aromatic carbocycles. The Bertz CT molecular complexity index is 743. The number of ether oxygens (including phenoxy) is 1. The number of likely N-dealkylation sites (tertiary alicyclic amines) is 2. The summed E-state index contributed by atoms with van der Waals surface area (Å²) in [5.41, 5.74) is 2.60. The maximum Gasteiger partial charge on any atom is 0.119 e. The molecule has 162 valence electrons. The third-order valence-corrected chi connectivity index (χ3v) is 6.52. The summed E-state index contributed by atoms with van der Waals surface area (Å²) in [5, 5.41) is 10.2. The van der Waals surface area contributed by atoms with Crippen LogP contribution >= 0.6 is 0 Å². The molecule has 2 atom stereocenters. The molecule has 0 aliphatic carbocycles. The van der Waals surface area contributed by atoms with Gasteiger partial charge in [0, 0.05) is 25.7 Å². The van der Waals surface area contributed by atoms with E-state index in [2.05, 4.69) is 64.4 Å². The topological polar surface area (TPSA) is 35.9 Å². The first kappa shape index (κ1) is 21.4. The Kier molecular flexibility index (Phi) is 7.79. The van der Waals surface area contributed by atoms with Gasteiger partial charge >= 0.3 is 0 Å². The molecule has 0 aromatic heterocycles. The molecular weight excluding hydrogens is 372 g/mol. The fourth-order valence-corrected chi connectivity index (χ4v) is 4.79. The number of aliphatic hydroxyl groups is 1. The summed E-state index contributed by atoms with van der Waals surface area (Å²) >= 11 is 0. The van der Waals surface area contributed by atoms with Crippen molar-refractivity contribution < 1.29 is 9.84 Å². The molecular formula is C26H36N2O2. The second-order valence-electron chi connectivity index (χ2n) is 8.82. The van der Waals surface area contributed by atoms with Crippen LogP contribution in [0.1, 0.15) is 55.7 Å². The first-order valence-electron chi connectivity index (χ1n) is 11.7. The predicted molar refractivity (Wildman–Crippen MR) is 122 cm³/mol. The van der Waals surface area contributed by atoms with Crippen molar-refractivity contribution in [1.29, 1.82) is 0 Å². The number of nitrogens with zero attached hydrogens (tertiary/aromatic N) is 2. The van der Waals surface area contributed by atoms with E-state index in [1.165, 1.54) is 43.5 Å². The Labute approximate surface area is 181 Å². The highest BCUT2D eigenvalue weighted by Crippen LogP contribution is 2.32. The molecule has 4 heteroatoms. The number of rotatable bonds is 8. The van der Waals surface area contributed by atoms with Crippen LogP contribution in [-0.4, -0.2) is 53.8 Å². The van der Waals surface area contributed by atoms with E-state index in [1.54, 1.807) is 0 Å². The van der Waals surface area contributed by atoms with Gasteiger partial charge in [0.1, 0.15) is 5.75 Å². The van der Waals surface area contributed by atoms with Crippen LogP contribution in [0.25, 0.3) is 0 Å². The molecule has 2 heterocycles. The van der Waals surface area contributed by atoms with E-state index in [0.29, 0.717) is 0 Å². The second kappa shape index (κ2) is 10.9. The normalized spacial score (nSPS) is 23.4. The molecule has 0 radical (unpaired) electrons. The maximum atomic E-state index is 10.2. The van der Waals surface area contributed by atoms with Gasteiger partial charge in [0.05, 0.1) is 12.7 Å². The molecule has 2 aliphatic heterocycles. The first-order chi connectivity index (χ1) is 14.8. The molecule has 0 spiro atoms. The molecule has 2 aliphatic rings. The van der Waals surface area contributed by atoms with Gasteiger partial charge in [0.25, 0.3) is 0 Å². The minimum atomic E-state index is -0.202. The minimum absolute atomic E-state index is 0.202. The summed E-state index contributed by atoms with van der Waals surface area (Å²) < 4.78 is 5.97. The predicted octanol–water partition coefficient (Wildman–Crippen LogP) is 4.64. The Balaban J connectivity index is 1.27. The molecule has 4 rings (SSSR count). The van der Waals surface area contributed by atoms with Gasteiger partial charge in [-0.05, 0) is 68.5 Å². The zero-order valence-corrected chi connectivity index (χ0v) is 18.1. The van der Waals surface area contributed by atoms with Crippen molar-refractivity contribution in [2.24, 2.45) is 0 Å². The molecule has 0 amide bonds. The summed E-state index contributed by atoms with van der Waals surface area (Å²) in [6, 6.07) is 19.4. The molecule has 1 N–H and O–H groups in total. The van der Waals surface area contributed by atoms with Crippen molar-refractivity contribution in [3.8, 4) is 5.75 Å². The van der Waals surface area contributed by atoms with Crippen LogP contribution in [0.4, 0.5) is 0 Å². The molecule has 2 fully saturated rings. The van der Waals surface area contributed by atoms with Gasteiger partial charge in [0.2, 0.25) is 0 Å². The van der Waals surface area contributed by atoms with E-state index in [1.807, 2.05) is 0 Å². The summed E-state index contributed by atoms with van der Waals surface area (Å²) in [7, 11) is 0. The van der Waals surface area contributed by atoms with Gasteiger partial charge in [-0.2, -0.15) is 0 Å². The van der Waals surface area contributed by atoms with Gasteiger partial charge < -0.3 is 14.7 Å². The maximum absolute atomic E-state index is 10.2. The lowest BCUT2D eigenvalue weighted by atomic mass is 9.93. The quantitative estimate of drug-likeness (QED) is 0.646. The first-order valence-corrected chi connectivity index (χ1v) is 11.7. The van der Waals surface area contributed by atoms with Crippen molar-refractivity contribution in [3.63, 3.8) is 0 Å². The SMILES string of the molecule is OC1CCN(Cc2ccc(OCCCN3CCCCC3)cc2)C(c2ccccc2)C1. The van der Waals surface area contributed by atoms with Gasteiger partial charge in [-0.15, -0.1) is 0 Å². The zero-order valence-electron chi connectivity index (χ0n) is 18.1. The number of benzene rings is 2. The van der Waals surface area contributed by atoms with Gasteiger partial charge in [0.15, 0.2) is 0 Å². The van der Waals surface area contributed by atoms with E-state index in [-0.39, 0.29) is 12.1 Å². The van der Waals surface area contributed by atoms with E-state index in [0.717, 1.165) is 51.3 Å². The molecule has 2 saturated heterocycles. The van der Waals surface area contributed by atoms with Crippen molar-refractivity contribution in [1.82, 2.24) is 9.80 Å². The fraction of sp³-hybridized carbons (Fsp3) is 0.538. The third kappa shape index (κ3) is 6.07. The highest BCUT2D eigenvalue weighted by molar-refractivity contribution is 5.28. The van der Waals surface area contributed by atoms with E-state index in [9.17, 15) is 5.11 Å². The Morgan fingerprint density at radius 3 is 2.43 bits per heavy atom. The summed E-state index contributed by atoms with van der Waals surface area (Å²) in [5.74, 6) is 0.964. The molecule has 2 aromatic rings. The molecule has 4 nitrogen and oxygen atoms in total. The fourth-order valence-electron chi connectivity index (χ4n) is 4.79. The molecule has 0 bridgehead atoms. The number of aliphatic hydroxyl groups excluding tert-OH is 1. The van der Waals surface area contributed by atoms with Gasteiger partial charge in [-0.1, -0.05) is 48.9 Å². The van der Waals surface area contributed by atoms with Crippen molar-refractivity contribution in [3.05, 3.63) is 65.7 Å². The molecule has 0 saturated carbocycles. The van der Waals surface area contributed by atoms with Crippen molar-refractivity contribution in [2.75, 3.05) is 32.8 Å². The standard InChI is InChI=1S/C26H36N2O2/c29-24-14-18-28(26(20-24)23-8-3-1-4-9-23)21-22-10-12-25(13-11-22)30-19-7-17-27-15-5-2-6-16-27/h1,3-4,8-13,24,26,29H,2,5-7,14-21H2. The minimum Gasteiger partial charge on any atom is -0.494 e. The Morgan fingerprint density at radius 1 is 0.900 bits per heavy atom. The monoisotopic (exact) mass is 408 g/mol. The third-order valence-electron chi connectivity index (χ3n) is 6.52. The van der Waals surface area contributed by atoms with Crippen molar-refractivity contribution >= 4 is 0 Å². The van der Waals surface area contributed by atoms with Crippen LogP contribution in [0, 0.1) is 0 Å². The second-order valence-corrected chi connectivity index (χ2v) is 8.82. The Hall–Kier alpha value is -1.88. The smallest absolute Gasteiger partial charge is 0.119 e. The highest BCUT2D eigenvalue weighted by Gasteiger charge is 2.28. The largest absolute Gasteiger partial charge is 0.494 e. The summed E-state index contributed by atoms with van der Waals surface area (Å²) in [4.78, 5) is 5.06. The summed E-state index contributed by atoms with van der Waals surface area (Å²) in [6.07, 6.45) is 6.64. The molecule has 30 heavy (non-hydrogen) atoms. The van der Waals surface area contributed by atoms with E-state index in [4.69, 9.17) is 4.74 Å². The zero-order chi connectivity index (χ0) is 20.6. The Morgan fingerprint density at radius 2 is 1.67 bits per heavy atom. The lowest BCUT2D eigenvalue weighted by Gasteiger charge is -2.38. The van der Waals surface area contributed by atoms with Crippen LogP contribution in [0.3, 0.4) is 0 Å². The lowest BCUT2D eigenvalue weighted by molar-refractivity contribution is 0.0364. The van der Waals surface area contributed by atoms with Gasteiger partial charge in [-0.3, -0.25) is 4.90 Å². The van der Waals surface area contributed by atoms with Gasteiger partial charge in [-0.25, -0.2) is 0 Å². The number of hydrogen-bond acceptors (Lipinski definition) is 4.